The smallest absolute Gasteiger partial charge is 0.216 e. The Kier molecular flexibility index (Phi) is 4.82. The Morgan fingerprint density at radius 1 is 1.07 bits per heavy atom. The molecule has 0 aliphatic carbocycles. The van der Waals surface area contributed by atoms with Gasteiger partial charge in [0.05, 0.1) is 0 Å². The molecule has 27 heavy (non-hydrogen) atoms. The van der Waals surface area contributed by atoms with Gasteiger partial charge < -0.3 is 15.1 Å². The van der Waals surface area contributed by atoms with E-state index in [2.05, 4.69) is 67.1 Å². The highest BCUT2D eigenvalue weighted by atomic mass is 32.1. The molecule has 1 aliphatic rings. The van der Waals surface area contributed by atoms with Gasteiger partial charge in [-0.2, -0.15) is 4.52 Å². The van der Waals surface area contributed by atoms with Gasteiger partial charge in [-0.1, -0.05) is 48.6 Å². The van der Waals surface area contributed by atoms with Crippen molar-refractivity contribution < 1.29 is 0 Å². The fourth-order valence-electron chi connectivity index (χ4n) is 3.39. The highest BCUT2D eigenvalue weighted by Gasteiger charge is 2.24. The molecular formula is C20H28N6S. The SMILES string of the molecule is CCN1CCN(c2nn3c(NC(C)(C)C)c(-c4ccccc4)nc3s2)CC1. The van der Waals surface area contributed by atoms with Gasteiger partial charge in [0.1, 0.15) is 5.69 Å². The largest absolute Gasteiger partial charge is 0.364 e. The lowest BCUT2D eigenvalue weighted by atomic mass is 10.1. The summed E-state index contributed by atoms with van der Waals surface area (Å²) in [4.78, 5) is 10.7. The lowest BCUT2D eigenvalue weighted by Gasteiger charge is -2.33. The molecule has 1 aromatic carbocycles. The van der Waals surface area contributed by atoms with Crippen molar-refractivity contribution in [2.75, 3.05) is 42.9 Å². The zero-order valence-corrected chi connectivity index (χ0v) is 17.4. The molecule has 3 aromatic rings. The Morgan fingerprint density at radius 2 is 1.78 bits per heavy atom. The summed E-state index contributed by atoms with van der Waals surface area (Å²) in [5, 5.41) is 9.62. The number of imidazole rings is 1. The maximum atomic E-state index is 4.94. The van der Waals surface area contributed by atoms with E-state index in [1.165, 1.54) is 0 Å². The molecule has 6 nitrogen and oxygen atoms in total. The molecule has 7 heteroatoms. The molecule has 0 saturated carbocycles. The van der Waals surface area contributed by atoms with Crippen LogP contribution in [-0.4, -0.2) is 57.8 Å². The molecular weight excluding hydrogens is 356 g/mol. The second kappa shape index (κ2) is 7.13. The zero-order chi connectivity index (χ0) is 19.0. The molecule has 3 heterocycles. The second-order valence-electron chi connectivity index (χ2n) is 8.05. The van der Waals surface area contributed by atoms with Crippen LogP contribution in [0.2, 0.25) is 0 Å². The number of benzene rings is 1. The Labute approximate surface area is 164 Å². The van der Waals surface area contributed by atoms with Gasteiger partial charge in [0, 0.05) is 37.3 Å². The fourth-order valence-corrected chi connectivity index (χ4v) is 4.34. The lowest BCUT2D eigenvalue weighted by molar-refractivity contribution is 0.271. The summed E-state index contributed by atoms with van der Waals surface area (Å²) < 4.78 is 1.99. The topological polar surface area (TPSA) is 48.7 Å². The second-order valence-corrected chi connectivity index (χ2v) is 8.98. The number of anilines is 2. The number of hydrogen-bond acceptors (Lipinski definition) is 6. The molecule has 0 bridgehead atoms. The van der Waals surface area contributed by atoms with E-state index in [1.54, 1.807) is 11.3 Å². The number of rotatable bonds is 4. The van der Waals surface area contributed by atoms with E-state index in [4.69, 9.17) is 10.1 Å². The molecule has 144 valence electrons. The van der Waals surface area contributed by atoms with Crippen LogP contribution in [0, 0.1) is 0 Å². The van der Waals surface area contributed by atoms with Crippen LogP contribution < -0.4 is 10.2 Å². The number of piperazine rings is 1. The van der Waals surface area contributed by atoms with E-state index in [-0.39, 0.29) is 5.54 Å². The highest BCUT2D eigenvalue weighted by molar-refractivity contribution is 7.20. The number of nitrogens with one attached hydrogen (secondary N) is 1. The third-order valence-electron chi connectivity index (χ3n) is 4.82. The molecule has 0 spiro atoms. The van der Waals surface area contributed by atoms with Crippen LogP contribution in [0.4, 0.5) is 10.9 Å². The van der Waals surface area contributed by atoms with E-state index in [0.717, 1.165) is 59.9 Å². The van der Waals surface area contributed by atoms with Crippen molar-refractivity contribution in [3.8, 4) is 11.3 Å². The first kappa shape index (κ1) is 18.3. The quantitative estimate of drug-likeness (QED) is 0.741. The highest BCUT2D eigenvalue weighted by Crippen LogP contribution is 2.34. The monoisotopic (exact) mass is 384 g/mol. The molecule has 4 rings (SSSR count). The van der Waals surface area contributed by atoms with E-state index >= 15 is 0 Å². The maximum absolute atomic E-state index is 4.94. The van der Waals surface area contributed by atoms with Crippen molar-refractivity contribution in [2.24, 2.45) is 0 Å². The van der Waals surface area contributed by atoms with Crippen molar-refractivity contribution in [3.63, 3.8) is 0 Å². The van der Waals surface area contributed by atoms with Crippen molar-refractivity contribution in [1.82, 2.24) is 19.5 Å². The first-order chi connectivity index (χ1) is 12.9. The van der Waals surface area contributed by atoms with Crippen LogP contribution in [0.15, 0.2) is 30.3 Å². The summed E-state index contributed by atoms with van der Waals surface area (Å²) in [5.41, 5.74) is 2.00. The minimum absolute atomic E-state index is 0.0734. The van der Waals surface area contributed by atoms with Crippen molar-refractivity contribution >= 4 is 27.2 Å². The molecule has 0 radical (unpaired) electrons. The van der Waals surface area contributed by atoms with Crippen molar-refractivity contribution in [2.45, 2.75) is 33.2 Å². The summed E-state index contributed by atoms with van der Waals surface area (Å²) in [6, 6.07) is 10.3. The average molecular weight is 385 g/mol. The molecule has 1 N–H and O–H groups in total. The summed E-state index contributed by atoms with van der Waals surface area (Å²) >= 11 is 1.68. The van der Waals surface area contributed by atoms with Crippen LogP contribution >= 0.6 is 11.3 Å². The number of likely N-dealkylation sites (N-methyl/N-ethyl adjacent to an activating group) is 1. The van der Waals surface area contributed by atoms with Crippen LogP contribution in [0.1, 0.15) is 27.7 Å². The number of aromatic nitrogens is 3. The van der Waals surface area contributed by atoms with Crippen LogP contribution in [0.3, 0.4) is 0 Å². The van der Waals surface area contributed by atoms with Crippen LogP contribution in [0.5, 0.6) is 0 Å². The summed E-state index contributed by atoms with van der Waals surface area (Å²) in [6.45, 7) is 14.1. The van der Waals surface area contributed by atoms with Gasteiger partial charge in [-0.3, -0.25) is 0 Å². The zero-order valence-electron chi connectivity index (χ0n) is 16.6. The normalized spacial score (nSPS) is 16.2. The van der Waals surface area contributed by atoms with Crippen LogP contribution in [0.25, 0.3) is 16.2 Å². The van der Waals surface area contributed by atoms with Gasteiger partial charge >= 0.3 is 0 Å². The molecule has 1 saturated heterocycles. The molecule has 1 fully saturated rings. The Morgan fingerprint density at radius 3 is 2.41 bits per heavy atom. The predicted octanol–water partition coefficient (Wildman–Crippen LogP) is 3.81. The Bertz CT molecular complexity index is 900. The van der Waals surface area contributed by atoms with Crippen molar-refractivity contribution in [3.05, 3.63) is 30.3 Å². The number of hydrogen-bond donors (Lipinski definition) is 1. The van der Waals surface area contributed by atoms with Gasteiger partial charge in [-0.05, 0) is 27.3 Å². The van der Waals surface area contributed by atoms with Gasteiger partial charge in [0.15, 0.2) is 5.82 Å². The summed E-state index contributed by atoms with van der Waals surface area (Å²) in [5.74, 6) is 0.971. The Hall–Kier alpha value is -2.12. The van der Waals surface area contributed by atoms with Gasteiger partial charge in [-0.15, -0.1) is 5.10 Å². The maximum Gasteiger partial charge on any atom is 0.216 e. The van der Waals surface area contributed by atoms with E-state index in [9.17, 15) is 0 Å². The fraction of sp³-hybridized carbons (Fsp3) is 0.500. The van der Waals surface area contributed by atoms with Gasteiger partial charge in [0.2, 0.25) is 10.1 Å². The van der Waals surface area contributed by atoms with Gasteiger partial charge in [-0.25, -0.2) is 4.98 Å². The third kappa shape index (κ3) is 3.80. The summed E-state index contributed by atoms with van der Waals surface area (Å²) in [6.07, 6.45) is 0. The van der Waals surface area contributed by atoms with Crippen LogP contribution in [-0.2, 0) is 0 Å². The van der Waals surface area contributed by atoms with Gasteiger partial charge in [0.25, 0.3) is 0 Å². The molecule has 0 atom stereocenters. The van der Waals surface area contributed by atoms with E-state index in [1.807, 2.05) is 10.6 Å². The number of nitrogens with zero attached hydrogens (tertiary/aromatic N) is 5. The standard InChI is InChI=1S/C20H28N6S/c1-5-24-11-13-25(14-12-24)19-23-26-17(22-20(2,3)4)16(21-18(26)27-19)15-9-7-6-8-10-15/h6-10,22H,5,11-14H2,1-4H3. The average Bonchev–Trinajstić information content (AvgIpc) is 3.21. The summed E-state index contributed by atoms with van der Waals surface area (Å²) in [7, 11) is 0. The van der Waals surface area contributed by atoms with Crippen molar-refractivity contribution in [1.29, 1.82) is 0 Å². The molecule has 2 aromatic heterocycles. The minimum Gasteiger partial charge on any atom is -0.364 e. The molecule has 1 aliphatic heterocycles. The minimum atomic E-state index is -0.0734. The number of fused-ring (bicyclic) bond motifs is 1. The van der Waals surface area contributed by atoms with E-state index < -0.39 is 0 Å². The molecule has 0 unspecified atom stereocenters. The molecule has 0 amide bonds. The first-order valence-corrected chi connectivity index (χ1v) is 10.5. The Balaban J connectivity index is 1.71. The predicted molar refractivity (Wildman–Crippen MR) is 114 cm³/mol. The first-order valence-electron chi connectivity index (χ1n) is 9.65. The third-order valence-corrected chi connectivity index (χ3v) is 5.79. The lowest BCUT2D eigenvalue weighted by Crippen LogP contribution is -2.46. The van der Waals surface area contributed by atoms with E-state index in [0.29, 0.717) is 0 Å².